The molecule has 0 spiro atoms. The molecule has 1 atom stereocenters. The van der Waals surface area contributed by atoms with Crippen LogP contribution in [0.5, 0.6) is 0 Å². The Bertz CT molecular complexity index is 315. The zero-order chi connectivity index (χ0) is 19.5. The lowest BCUT2D eigenvalue weighted by Crippen LogP contribution is -2.34. The SMILES string of the molecule is CCCCCCCCCCCC(C)(CCCCCCCCCC)C(N)=O. The van der Waals surface area contributed by atoms with Gasteiger partial charge in [-0.05, 0) is 12.8 Å². The van der Waals surface area contributed by atoms with Gasteiger partial charge in [0, 0.05) is 5.41 Å². The molecule has 0 saturated carbocycles. The normalized spacial score (nSPS) is 13.7. The lowest BCUT2D eigenvalue weighted by Gasteiger charge is -2.26. The molecule has 2 N–H and O–H groups in total. The Kier molecular flexibility index (Phi) is 17.5. The van der Waals surface area contributed by atoms with Crippen molar-refractivity contribution in [2.75, 3.05) is 0 Å². The number of hydrogen-bond donors (Lipinski definition) is 1. The summed E-state index contributed by atoms with van der Waals surface area (Å²) >= 11 is 0. The number of carbonyl (C=O) groups is 1. The van der Waals surface area contributed by atoms with Crippen molar-refractivity contribution in [1.82, 2.24) is 0 Å². The molecule has 0 rings (SSSR count). The molecule has 0 aliphatic rings. The minimum atomic E-state index is -0.274. The van der Waals surface area contributed by atoms with Gasteiger partial charge in [-0.1, -0.05) is 130 Å². The summed E-state index contributed by atoms with van der Waals surface area (Å²) in [6.07, 6.45) is 24.5. The van der Waals surface area contributed by atoms with Crippen LogP contribution in [0, 0.1) is 5.41 Å². The maximum absolute atomic E-state index is 11.9. The Morgan fingerprint density at radius 2 is 0.846 bits per heavy atom. The fourth-order valence-electron chi connectivity index (χ4n) is 3.85. The lowest BCUT2D eigenvalue weighted by atomic mass is 9.79. The molecular formula is C24H49NO. The van der Waals surface area contributed by atoms with Gasteiger partial charge < -0.3 is 5.73 Å². The zero-order valence-electron chi connectivity index (χ0n) is 18.4. The maximum atomic E-state index is 11.9. The van der Waals surface area contributed by atoms with Crippen LogP contribution < -0.4 is 5.73 Å². The number of hydrogen-bond acceptors (Lipinski definition) is 1. The summed E-state index contributed by atoms with van der Waals surface area (Å²) in [5.41, 5.74) is 5.46. The van der Waals surface area contributed by atoms with E-state index in [1.807, 2.05) is 0 Å². The van der Waals surface area contributed by atoms with Gasteiger partial charge in [-0.2, -0.15) is 0 Å². The summed E-state index contributed by atoms with van der Waals surface area (Å²) in [5.74, 6) is -0.0833. The number of primary amides is 1. The van der Waals surface area contributed by atoms with Gasteiger partial charge >= 0.3 is 0 Å². The lowest BCUT2D eigenvalue weighted by molar-refractivity contribution is -0.127. The van der Waals surface area contributed by atoms with Gasteiger partial charge in [-0.3, -0.25) is 4.79 Å². The third-order valence-corrected chi connectivity index (χ3v) is 6.01. The first-order chi connectivity index (χ1) is 12.6. The topological polar surface area (TPSA) is 43.1 Å². The van der Waals surface area contributed by atoms with Gasteiger partial charge in [0.2, 0.25) is 5.91 Å². The Balaban J connectivity index is 3.70. The van der Waals surface area contributed by atoms with Crippen molar-refractivity contribution in [3.8, 4) is 0 Å². The van der Waals surface area contributed by atoms with Crippen molar-refractivity contribution in [2.45, 2.75) is 143 Å². The molecule has 0 aromatic carbocycles. The molecule has 0 radical (unpaired) electrons. The summed E-state index contributed by atoms with van der Waals surface area (Å²) < 4.78 is 0. The summed E-state index contributed by atoms with van der Waals surface area (Å²) in [5, 5.41) is 0. The van der Waals surface area contributed by atoms with Crippen LogP contribution in [0.4, 0.5) is 0 Å². The van der Waals surface area contributed by atoms with Crippen LogP contribution in [-0.4, -0.2) is 5.91 Å². The van der Waals surface area contributed by atoms with E-state index in [1.54, 1.807) is 0 Å². The van der Waals surface area contributed by atoms with Gasteiger partial charge in [0.1, 0.15) is 0 Å². The van der Waals surface area contributed by atoms with E-state index in [0.29, 0.717) is 0 Å². The molecule has 0 heterocycles. The van der Waals surface area contributed by atoms with E-state index in [9.17, 15) is 4.79 Å². The molecule has 1 amide bonds. The molecule has 0 aliphatic carbocycles. The second-order valence-corrected chi connectivity index (χ2v) is 8.73. The smallest absolute Gasteiger partial charge is 0.223 e. The zero-order valence-corrected chi connectivity index (χ0v) is 18.4. The molecule has 1 unspecified atom stereocenters. The van der Waals surface area contributed by atoms with E-state index in [0.717, 1.165) is 25.7 Å². The van der Waals surface area contributed by atoms with Crippen molar-refractivity contribution < 1.29 is 4.79 Å². The summed E-state index contributed by atoms with van der Waals surface area (Å²) in [6.45, 7) is 6.63. The average molecular weight is 368 g/mol. The summed E-state index contributed by atoms with van der Waals surface area (Å²) in [7, 11) is 0. The Morgan fingerprint density at radius 3 is 1.12 bits per heavy atom. The Labute approximate surface area is 165 Å². The van der Waals surface area contributed by atoms with Crippen molar-refractivity contribution in [3.05, 3.63) is 0 Å². The van der Waals surface area contributed by atoms with E-state index in [4.69, 9.17) is 5.73 Å². The van der Waals surface area contributed by atoms with Crippen molar-refractivity contribution in [3.63, 3.8) is 0 Å². The highest BCUT2D eigenvalue weighted by atomic mass is 16.1. The first kappa shape index (κ1) is 25.5. The Hall–Kier alpha value is -0.530. The standard InChI is InChI=1S/C24H49NO/c1-4-6-8-10-12-14-16-18-20-22-24(3,23(25)26)21-19-17-15-13-11-9-7-5-2/h4-22H2,1-3H3,(H2,25,26). The second kappa shape index (κ2) is 17.9. The van der Waals surface area contributed by atoms with Gasteiger partial charge in [-0.15, -0.1) is 0 Å². The number of unbranched alkanes of at least 4 members (excludes halogenated alkanes) is 15. The quantitative estimate of drug-likeness (QED) is 0.218. The molecule has 156 valence electrons. The molecule has 0 fully saturated rings. The fourth-order valence-corrected chi connectivity index (χ4v) is 3.85. The highest BCUT2D eigenvalue weighted by Gasteiger charge is 2.29. The van der Waals surface area contributed by atoms with Crippen molar-refractivity contribution in [2.24, 2.45) is 11.1 Å². The molecule has 2 heteroatoms. The third kappa shape index (κ3) is 14.6. The molecule has 26 heavy (non-hydrogen) atoms. The van der Waals surface area contributed by atoms with Crippen LogP contribution in [0.25, 0.3) is 0 Å². The first-order valence-corrected chi connectivity index (χ1v) is 11.9. The average Bonchev–Trinajstić information content (AvgIpc) is 2.62. The molecular weight excluding hydrogens is 318 g/mol. The van der Waals surface area contributed by atoms with Gasteiger partial charge in [-0.25, -0.2) is 0 Å². The minimum Gasteiger partial charge on any atom is -0.369 e. The van der Waals surface area contributed by atoms with E-state index >= 15 is 0 Å². The number of carbonyl (C=O) groups excluding carboxylic acids is 1. The molecule has 0 aromatic heterocycles. The molecule has 0 aliphatic heterocycles. The van der Waals surface area contributed by atoms with E-state index < -0.39 is 0 Å². The molecule has 0 aromatic rings. The van der Waals surface area contributed by atoms with Crippen LogP contribution >= 0.6 is 0 Å². The van der Waals surface area contributed by atoms with Crippen LogP contribution in [0.3, 0.4) is 0 Å². The van der Waals surface area contributed by atoms with Gasteiger partial charge in [0.15, 0.2) is 0 Å². The largest absolute Gasteiger partial charge is 0.369 e. The highest BCUT2D eigenvalue weighted by molar-refractivity contribution is 5.80. The number of amides is 1. The number of nitrogens with two attached hydrogens (primary N) is 1. The van der Waals surface area contributed by atoms with Crippen LogP contribution in [0.15, 0.2) is 0 Å². The monoisotopic (exact) mass is 367 g/mol. The summed E-state index contributed by atoms with van der Waals surface area (Å²) in [4.78, 5) is 11.9. The molecule has 0 bridgehead atoms. The van der Waals surface area contributed by atoms with Crippen molar-refractivity contribution in [1.29, 1.82) is 0 Å². The van der Waals surface area contributed by atoms with Gasteiger partial charge in [0.25, 0.3) is 0 Å². The van der Waals surface area contributed by atoms with E-state index in [1.165, 1.54) is 96.3 Å². The second-order valence-electron chi connectivity index (χ2n) is 8.73. The minimum absolute atomic E-state index is 0.0833. The van der Waals surface area contributed by atoms with Crippen LogP contribution in [0.1, 0.15) is 143 Å². The Morgan fingerprint density at radius 1 is 0.577 bits per heavy atom. The summed E-state index contributed by atoms with van der Waals surface area (Å²) in [6, 6.07) is 0. The third-order valence-electron chi connectivity index (χ3n) is 6.01. The van der Waals surface area contributed by atoms with Crippen LogP contribution in [-0.2, 0) is 4.79 Å². The molecule has 2 nitrogen and oxygen atoms in total. The van der Waals surface area contributed by atoms with E-state index in [-0.39, 0.29) is 11.3 Å². The maximum Gasteiger partial charge on any atom is 0.223 e. The predicted molar refractivity (Wildman–Crippen MR) is 116 cm³/mol. The van der Waals surface area contributed by atoms with Gasteiger partial charge in [0.05, 0.1) is 0 Å². The molecule has 0 saturated heterocycles. The van der Waals surface area contributed by atoms with Crippen LogP contribution in [0.2, 0.25) is 0 Å². The van der Waals surface area contributed by atoms with Crippen molar-refractivity contribution >= 4 is 5.91 Å². The predicted octanol–water partition coefficient (Wildman–Crippen LogP) is 7.93. The number of rotatable bonds is 20. The van der Waals surface area contributed by atoms with E-state index in [2.05, 4.69) is 20.8 Å². The fraction of sp³-hybridized carbons (Fsp3) is 0.958. The highest BCUT2D eigenvalue weighted by Crippen LogP contribution is 2.31. The first-order valence-electron chi connectivity index (χ1n) is 11.9.